The van der Waals surface area contributed by atoms with Gasteiger partial charge in [-0.05, 0) is 42.3 Å². The van der Waals surface area contributed by atoms with Crippen LogP contribution in [0.15, 0.2) is 46.9 Å². The Balaban J connectivity index is 1.74. The average molecular weight is 480 g/mol. The van der Waals surface area contributed by atoms with Gasteiger partial charge < -0.3 is 25.0 Å². The van der Waals surface area contributed by atoms with Crippen molar-refractivity contribution < 1.29 is 18.7 Å². The van der Waals surface area contributed by atoms with Crippen LogP contribution in [-0.4, -0.2) is 57.4 Å². The van der Waals surface area contributed by atoms with Crippen molar-refractivity contribution in [1.82, 2.24) is 10.2 Å². The second-order valence-electron chi connectivity index (χ2n) is 7.29. The van der Waals surface area contributed by atoms with Crippen molar-refractivity contribution in [3.05, 3.63) is 58.3 Å². The van der Waals surface area contributed by atoms with E-state index in [1.165, 1.54) is 13.2 Å². The second kappa shape index (κ2) is 10.7. The maximum atomic E-state index is 14.8. The predicted molar refractivity (Wildman–Crippen MR) is 119 cm³/mol. The van der Waals surface area contributed by atoms with Crippen LogP contribution in [0.1, 0.15) is 17.9 Å². The Morgan fingerprint density at radius 2 is 2.00 bits per heavy atom. The predicted octanol–water partition coefficient (Wildman–Crippen LogP) is 4.22. The zero-order valence-electron chi connectivity index (χ0n) is 17.2. The fraction of sp³-hybridized carbons (Fsp3) is 0.409. The summed E-state index contributed by atoms with van der Waals surface area (Å²) < 4.78 is 26.1. The fourth-order valence-electron chi connectivity index (χ4n) is 3.74. The summed E-state index contributed by atoms with van der Waals surface area (Å²) >= 11 is 3.38. The molecule has 6 nitrogen and oxygen atoms in total. The normalized spacial score (nSPS) is 19.3. The van der Waals surface area contributed by atoms with Gasteiger partial charge in [-0.15, -0.1) is 0 Å². The van der Waals surface area contributed by atoms with Crippen molar-refractivity contribution in [3.63, 3.8) is 0 Å². The number of carbonyl (C=O) groups excluding carboxylic acids is 1. The quantitative estimate of drug-likeness (QED) is 0.623. The third-order valence-corrected chi connectivity index (χ3v) is 5.86. The van der Waals surface area contributed by atoms with E-state index in [4.69, 9.17) is 9.47 Å². The Morgan fingerprint density at radius 1 is 1.23 bits per heavy atom. The number of benzene rings is 2. The molecule has 0 aliphatic carbocycles. The average Bonchev–Trinajstić information content (AvgIpc) is 2.74. The number of carbonyl (C=O) groups is 1. The molecule has 8 heteroatoms. The molecule has 1 aliphatic rings. The molecule has 162 valence electrons. The molecule has 0 saturated carbocycles. The minimum Gasteiger partial charge on any atom is -0.497 e. The van der Waals surface area contributed by atoms with Crippen LogP contribution < -0.4 is 15.4 Å². The summed E-state index contributed by atoms with van der Waals surface area (Å²) in [4.78, 5) is 14.8. The first-order chi connectivity index (χ1) is 14.5. The molecule has 0 spiro atoms. The Kier molecular flexibility index (Phi) is 8.07. The molecule has 2 aromatic carbocycles. The molecule has 1 fully saturated rings. The van der Waals surface area contributed by atoms with Crippen molar-refractivity contribution in [2.24, 2.45) is 0 Å². The number of ether oxygens (including phenoxy) is 2. The highest BCUT2D eigenvalue weighted by atomic mass is 79.9. The number of hydrogen-bond acceptors (Lipinski definition) is 4. The Bertz CT molecular complexity index is 850. The molecule has 2 aromatic rings. The topological polar surface area (TPSA) is 62.8 Å². The number of piperidine rings is 1. The molecule has 3 rings (SSSR count). The second-order valence-corrected chi connectivity index (χ2v) is 8.20. The van der Waals surface area contributed by atoms with Crippen LogP contribution in [0.5, 0.6) is 5.75 Å². The Labute approximate surface area is 184 Å². The van der Waals surface area contributed by atoms with Crippen molar-refractivity contribution in [2.45, 2.75) is 18.4 Å². The van der Waals surface area contributed by atoms with E-state index in [1.54, 1.807) is 19.2 Å². The molecule has 1 saturated heterocycles. The van der Waals surface area contributed by atoms with E-state index in [-0.39, 0.29) is 23.8 Å². The van der Waals surface area contributed by atoms with Crippen molar-refractivity contribution in [2.75, 3.05) is 45.8 Å². The van der Waals surface area contributed by atoms with E-state index in [9.17, 15) is 9.18 Å². The summed E-state index contributed by atoms with van der Waals surface area (Å²) in [7, 11) is 3.18. The van der Waals surface area contributed by atoms with E-state index in [2.05, 4.69) is 31.5 Å². The van der Waals surface area contributed by atoms with Gasteiger partial charge in [0.25, 0.3) is 0 Å². The smallest absolute Gasteiger partial charge is 0.319 e. The van der Waals surface area contributed by atoms with Crippen LogP contribution in [0.4, 0.5) is 14.9 Å². The van der Waals surface area contributed by atoms with Crippen LogP contribution >= 0.6 is 15.9 Å². The number of halogens is 2. The lowest BCUT2D eigenvalue weighted by Crippen LogP contribution is -2.51. The number of likely N-dealkylation sites (tertiary alicyclic amines) is 1. The highest BCUT2D eigenvalue weighted by Gasteiger charge is 2.33. The summed E-state index contributed by atoms with van der Waals surface area (Å²) in [6.07, 6.45) is 0.716. The van der Waals surface area contributed by atoms with Gasteiger partial charge in [0.05, 0.1) is 13.7 Å². The monoisotopic (exact) mass is 479 g/mol. The van der Waals surface area contributed by atoms with E-state index < -0.39 is 0 Å². The largest absolute Gasteiger partial charge is 0.497 e. The lowest BCUT2D eigenvalue weighted by molar-refractivity contribution is 0.117. The van der Waals surface area contributed by atoms with E-state index >= 15 is 0 Å². The van der Waals surface area contributed by atoms with Crippen molar-refractivity contribution in [1.29, 1.82) is 0 Å². The molecule has 1 heterocycles. The van der Waals surface area contributed by atoms with Crippen molar-refractivity contribution >= 4 is 27.6 Å². The minimum absolute atomic E-state index is 0.183. The van der Waals surface area contributed by atoms with E-state index in [1.807, 2.05) is 24.3 Å². The summed E-state index contributed by atoms with van der Waals surface area (Å²) in [6, 6.07) is 11.8. The van der Waals surface area contributed by atoms with E-state index in [0.717, 1.165) is 17.6 Å². The van der Waals surface area contributed by atoms with Gasteiger partial charge in [-0.1, -0.05) is 22.0 Å². The fourth-order valence-corrected chi connectivity index (χ4v) is 4.00. The summed E-state index contributed by atoms with van der Waals surface area (Å²) in [5, 5.41) is 5.89. The number of nitrogens with one attached hydrogen (secondary N) is 2. The molecule has 2 amide bonds. The molecule has 2 atom stereocenters. The highest BCUT2D eigenvalue weighted by molar-refractivity contribution is 9.10. The van der Waals surface area contributed by atoms with Gasteiger partial charge >= 0.3 is 6.03 Å². The van der Waals surface area contributed by atoms with Crippen LogP contribution in [0, 0.1) is 5.82 Å². The minimum atomic E-state index is -0.326. The number of anilines is 1. The molecule has 1 aliphatic heterocycles. The summed E-state index contributed by atoms with van der Waals surface area (Å²) in [5.41, 5.74) is 1.27. The number of amides is 2. The number of rotatable bonds is 7. The first-order valence-corrected chi connectivity index (χ1v) is 10.7. The molecule has 0 radical (unpaired) electrons. The molecule has 0 bridgehead atoms. The van der Waals surface area contributed by atoms with Crippen LogP contribution in [0.3, 0.4) is 0 Å². The lowest BCUT2D eigenvalue weighted by atomic mass is 9.85. The highest BCUT2D eigenvalue weighted by Crippen LogP contribution is 2.31. The SMILES string of the molecule is COCCN1CCC(NC(=O)Nc2ccc(Br)cc2)C(c2ccc(OC)cc2F)C1. The number of methoxy groups -OCH3 is 2. The summed E-state index contributed by atoms with van der Waals surface area (Å²) in [6.45, 7) is 2.82. The number of nitrogens with zero attached hydrogens (tertiary/aromatic N) is 1. The number of urea groups is 1. The summed E-state index contributed by atoms with van der Waals surface area (Å²) in [5.74, 6) is -0.0361. The van der Waals surface area contributed by atoms with Gasteiger partial charge in [-0.3, -0.25) is 0 Å². The van der Waals surface area contributed by atoms with Gasteiger partial charge in [-0.25, -0.2) is 9.18 Å². The number of hydrogen-bond donors (Lipinski definition) is 2. The third kappa shape index (κ3) is 5.93. The molecule has 30 heavy (non-hydrogen) atoms. The van der Waals surface area contributed by atoms with Crippen LogP contribution in [0.2, 0.25) is 0 Å². The maximum absolute atomic E-state index is 14.8. The standard InChI is InChI=1S/C22H27BrFN3O3/c1-29-12-11-27-10-9-21(26-22(28)25-16-5-3-15(23)4-6-16)19(14-27)18-8-7-17(30-2)13-20(18)24/h3-8,13,19,21H,9-12,14H2,1-2H3,(H2,25,26,28). The zero-order valence-corrected chi connectivity index (χ0v) is 18.7. The first-order valence-electron chi connectivity index (χ1n) is 9.88. The van der Waals surface area contributed by atoms with Crippen LogP contribution in [-0.2, 0) is 4.74 Å². The Morgan fingerprint density at radius 3 is 2.67 bits per heavy atom. The molecular weight excluding hydrogens is 453 g/mol. The van der Waals surface area contributed by atoms with Gasteiger partial charge in [0.1, 0.15) is 11.6 Å². The lowest BCUT2D eigenvalue weighted by Gasteiger charge is -2.39. The van der Waals surface area contributed by atoms with Gasteiger partial charge in [-0.2, -0.15) is 0 Å². The molecule has 0 aromatic heterocycles. The van der Waals surface area contributed by atoms with Crippen molar-refractivity contribution in [3.8, 4) is 5.75 Å². The molecule has 2 N–H and O–H groups in total. The van der Waals surface area contributed by atoms with Gasteiger partial charge in [0.15, 0.2) is 0 Å². The third-order valence-electron chi connectivity index (χ3n) is 5.33. The maximum Gasteiger partial charge on any atom is 0.319 e. The first kappa shape index (κ1) is 22.5. The van der Waals surface area contributed by atoms with Crippen LogP contribution in [0.25, 0.3) is 0 Å². The van der Waals surface area contributed by atoms with E-state index in [0.29, 0.717) is 36.6 Å². The molecule has 2 unspecified atom stereocenters. The van der Waals surface area contributed by atoms with Gasteiger partial charge in [0, 0.05) is 54.9 Å². The molecular formula is C22H27BrFN3O3. The zero-order chi connectivity index (χ0) is 21.5. The Hall–Kier alpha value is -2.16. The van der Waals surface area contributed by atoms with Gasteiger partial charge in [0.2, 0.25) is 0 Å².